The highest BCUT2D eigenvalue weighted by Gasteiger charge is 2.10. The first-order valence-corrected chi connectivity index (χ1v) is 5.04. The van der Waals surface area contributed by atoms with E-state index < -0.39 is 0 Å². The molecule has 0 bridgehead atoms. The van der Waals surface area contributed by atoms with Crippen LogP contribution in [0, 0.1) is 0 Å². The van der Waals surface area contributed by atoms with Crippen molar-refractivity contribution in [1.82, 2.24) is 0 Å². The summed E-state index contributed by atoms with van der Waals surface area (Å²) in [6, 6.07) is 9.92. The van der Waals surface area contributed by atoms with Gasteiger partial charge in [-0.3, -0.25) is 4.79 Å². The van der Waals surface area contributed by atoms with Gasteiger partial charge in [0.1, 0.15) is 6.10 Å². The van der Waals surface area contributed by atoms with Gasteiger partial charge in [-0.1, -0.05) is 30.3 Å². The summed E-state index contributed by atoms with van der Waals surface area (Å²) in [5.41, 5.74) is 1.18. The lowest BCUT2D eigenvalue weighted by Crippen LogP contribution is -2.21. The maximum absolute atomic E-state index is 10.7. The maximum atomic E-state index is 10.7. The number of hydrogen-bond donors (Lipinski definition) is 1. The number of aryl methyl sites for hydroxylation is 1. The molecule has 0 spiro atoms. The van der Waals surface area contributed by atoms with Gasteiger partial charge >= 0.3 is 5.97 Å². The van der Waals surface area contributed by atoms with E-state index in [4.69, 9.17) is 9.84 Å². The summed E-state index contributed by atoms with van der Waals surface area (Å²) in [5.74, 6) is -0.345. The zero-order chi connectivity index (χ0) is 11.1. The second kappa shape index (κ2) is 6.19. The summed E-state index contributed by atoms with van der Waals surface area (Å²) in [6.45, 7) is 1.23. The Morgan fingerprint density at radius 1 is 1.40 bits per heavy atom. The minimum Gasteiger partial charge on any atom is -0.460 e. The molecular weight excluding hydrogens is 192 g/mol. The summed E-state index contributed by atoms with van der Waals surface area (Å²) < 4.78 is 4.93. The van der Waals surface area contributed by atoms with Gasteiger partial charge in [-0.25, -0.2) is 0 Å². The van der Waals surface area contributed by atoms with E-state index >= 15 is 0 Å². The van der Waals surface area contributed by atoms with Crippen molar-refractivity contribution < 1.29 is 14.6 Å². The molecule has 0 aliphatic heterocycles. The van der Waals surface area contributed by atoms with Crippen molar-refractivity contribution in [3.8, 4) is 0 Å². The summed E-state index contributed by atoms with van der Waals surface area (Å²) in [7, 11) is 0. The SMILES string of the molecule is CC(=O)O[C@H](CO)CCc1ccccc1. The Morgan fingerprint density at radius 3 is 2.60 bits per heavy atom. The van der Waals surface area contributed by atoms with Crippen LogP contribution in [-0.2, 0) is 16.0 Å². The third-order valence-electron chi connectivity index (χ3n) is 2.13. The van der Waals surface area contributed by atoms with Crippen LogP contribution in [0.4, 0.5) is 0 Å². The van der Waals surface area contributed by atoms with Crippen molar-refractivity contribution in [2.24, 2.45) is 0 Å². The monoisotopic (exact) mass is 208 g/mol. The average molecular weight is 208 g/mol. The third-order valence-corrected chi connectivity index (χ3v) is 2.13. The van der Waals surface area contributed by atoms with E-state index in [1.807, 2.05) is 30.3 Å². The molecule has 0 aliphatic carbocycles. The highest BCUT2D eigenvalue weighted by Crippen LogP contribution is 2.07. The Kier molecular flexibility index (Phi) is 4.84. The van der Waals surface area contributed by atoms with Gasteiger partial charge in [-0.05, 0) is 18.4 Å². The van der Waals surface area contributed by atoms with Crippen LogP contribution in [-0.4, -0.2) is 23.8 Å². The Morgan fingerprint density at radius 2 is 2.07 bits per heavy atom. The van der Waals surface area contributed by atoms with Gasteiger partial charge in [0.2, 0.25) is 0 Å². The van der Waals surface area contributed by atoms with E-state index in [1.54, 1.807) is 0 Å². The normalized spacial score (nSPS) is 12.1. The topological polar surface area (TPSA) is 46.5 Å². The lowest BCUT2D eigenvalue weighted by molar-refractivity contribution is -0.148. The van der Waals surface area contributed by atoms with Crippen LogP contribution < -0.4 is 0 Å². The van der Waals surface area contributed by atoms with Crippen molar-refractivity contribution >= 4 is 5.97 Å². The summed E-state index contributed by atoms with van der Waals surface area (Å²) >= 11 is 0. The Bertz CT molecular complexity index is 295. The summed E-state index contributed by atoms with van der Waals surface area (Å²) in [4.78, 5) is 10.7. The maximum Gasteiger partial charge on any atom is 0.302 e. The van der Waals surface area contributed by atoms with E-state index in [1.165, 1.54) is 12.5 Å². The fourth-order valence-corrected chi connectivity index (χ4v) is 1.39. The fraction of sp³-hybridized carbons (Fsp3) is 0.417. The van der Waals surface area contributed by atoms with E-state index in [9.17, 15) is 4.79 Å². The lowest BCUT2D eigenvalue weighted by atomic mass is 10.1. The van der Waals surface area contributed by atoms with Crippen molar-refractivity contribution in [1.29, 1.82) is 0 Å². The average Bonchev–Trinajstić information content (AvgIpc) is 2.25. The summed E-state index contributed by atoms with van der Waals surface area (Å²) in [5, 5.41) is 8.98. The molecule has 0 aliphatic rings. The molecule has 0 radical (unpaired) electrons. The predicted molar refractivity (Wildman–Crippen MR) is 57.4 cm³/mol. The van der Waals surface area contributed by atoms with Crippen LogP contribution in [0.3, 0.4) is 0 Å². The van der Waals surface area contributed by atoms with E-state index in [0.29, 0.717) is 6.42 Å². The fourth-order valence-electron chi connectivity index (χ4n) is 1.39. The molecule has 0 amide bonds. The number of aliphatic hydroxyl groups excluding tert-OH is 1. The molecule has 1 rings (SSSR count). The Hall–Kier alpha value is -1.35. The minimum absolute atomic E-state index is 0.119. The van der Waals surface area contributed by atoms with Crippen LogP contribution >= 0.6 is 0 Å². The van der Waals surface area contributed by atoms with Crippen LogP contribution in [0.1, 0.15) is 18.9 Å². The number of carbonyl (C=O) groups is 1. The number of hydrogen-bond acceptors (Lipinski definition) is 3. The van der Waals surface area contributed by atoms with Gasteiger partial charge in [0.15, 0.2) is 0 Å². The Labute approximate surface area is 89.7 Å². The third kappa shape index (κ3) is 4.61. The molecule has 0 fully saturated rings. The Balaban J connectivity index is 2.37. The van der Waals surface area contributed by atoms with Crippen LogP contribution in [0.2, 0.25) is 0 Å². The number of ether oxygens (including phenoxy) is 1. The molecule has 3 heteroatoms. The molecule has 0 aromatic heterocycles. The first kappa shape index (κ1) is 11.7. The molecule has 1 aromatic carbocycles. The van der Waals surface area contributed by atoms with Crippen LogP contribution in [0.5, 0.6) is 0 Å². The van der Waals surface area contributed by atoms with E-state index in [2.05, 4.69) is 0 Å². The second-order valence-electron chi connectivity index (χ2n) is 3.44. The number of benzene rings is 1. The van der Waals surface area contributed by atoms with Gasteiger partial charge in [-0.15, -0.1) is 0 Å². The molecule has 1 atom stereocenters. The molecule has 1 aromatic rings. The van der Waals surface area contributed by atoms with Crippen molar-refractivity contribution in [2.75, 3.05) is 6.61 Å². The van der Waals surface area contributed by atoms with Gasteiger partial charge in [0.25, 0.3) is 0 Å². The smallest absolute Gasteiger partial charge is 0.302 e. The molecule has 1 N–H and O–H groups in total. The molecule has 3 nitrogen and oxygen atoms in total. The zero-order valence-corrected chi connectivity index (χ0v) is 8.85. The van der Waals surface area contributed by atoms with Crippen LogP contribution in [0.25, 0.3) is 0 Å². The van der Waals surface area contributed by atoms with Gasteiger partial charge in [0.05, 0.1) is 6.61 Å². The lowest BCUT2D eigenvalue weighted by Gasteiger charge is -2.13. The van der Waals surface area contributed by atoms with Gasteiger partial charge in [0, 0.05) is 6.92 Å². The van der Waals surface area contributed by atoms with Crippen molar-refractivity contribution in [3.05, 3.63) is 35.9 Å². The molecule has 0 unspecified atom stereocenters. The van der Waals surface area contributed by atoms with Crippen LogP contribution in [0.15, 0.2) is 30.3 Å². The van der Waals surface area contributed by atoms with E-state index in [-0.39, 0.29) is 18.7 Å². The number of carbonyl (C=O) groups excluding carboxylic acids is 1. The molecule has 0 saturated heterocycles. The van der Waals surface area contributed by atoms with Crippen molar-refractivity contribution in [2.45, 2.75) is 25.9 Å². The van der Waals surface area contributed by atoms with Crippen molar-refractivity contribution in [3.63, 3.8) is 0 Å². The first-order chi connectivity index (χ1) is 7.22. The van der Waals surface area contributed by atoms with Gasteiger partial charge < -0.3 is 9.84 Å². The molecule has 15 heavy (non-hydrogen) atoms. The zero-order valence-electron chi connectivity index (χ0n) is 8.85. The number of aliphatic hydroxyl groups is 1. The molecule has 0 heterocycles. The largest absolute Gasteiger partial charge is 0.460 e. The number of esters is 1. The van der Waals surface area contributed by atoms with E-state index in [0.717, 1.165) is 6.42 Å². The quantitative estimate of drug-likeness (QED) is 0.747. The second-order valence-corrected chi connectivity index (χ2v) is 3.44. The predicted octanol–water partition coefficient (Wildman–Crippen LogP) is 1.54. The summed E-state index contributed by atoms with van der Waals surface area (Å²) in [6.07, 6.45) is 1.07. The number of rotatable bonds is 5. The first-order valence-electron chi connectivity index (χ1n) is 5.04. The standard InChI is InChI=1S/C12H16O3/c1-10(14)15-12(9-13)8-7-11-5-3-2-4-6-11/h2-6,12-13H,7-9H2,1H3/t12-/m0/s1. The molecular formula is C12H16O3. The minimum atomic E-state index is -0.386. The highest BCUT2D eigenvalue weighted by molar-refractivity contribution is 5.66. The van der Waals surface area contributed by atoms with Gasteiger partial charge in [-0.2, -0.15) is 0 Å². The molecule has 82 valence electrons. The highest BCUT2D eigenvalue weighted by atomic mass is 16.5. The molecule has 0 saturated carbocycles.